The Hall–Kier alpha value is -3.15. The molecule has 0 fully saturated rings. The maximum absolute atomic E-state index is 12.6. The lowest BCUT2D eigenvalue weighted by molar-refractivity contribution is -0.116. The van der Waals surface area contributed by atoms with Crippen LogP contribution in [0.3, 0.4) is 0 Å². The molecule has 2 N–H and O–H groups in total. The van der Waals surface area contributed by atoms with Crippen molar-refractivity contribution in [3.05, 3.63) is 59.2 Å². The number of rotatable bonds is 6. The number of carbonyl (C=O) groups excluding carboxylic acids is 3. The molecule has 134 valence electrons. The number of nitrogens with one attached hydrogen (secondary N) is 1. The highest BCUT2D eigenvalue weighted by Crippen LogP contribution is 2.35. The number of carbonyl (C=O) groups is 3. The number of esters is 1. The van der Waals surface area contributed by atoms with Crippen molar-refractivity contribution >= 4 is 23.3 Å². The molecule has 2 aromatic rings. The number of ketones is 1. The Morgan fingerprint density at radius 3 is 2.73 bits per heavy atom. The van der Waals surface area contributed by atoms with Crippen molar-refractivity contribution in [3.63, 3.8) is 0 Å². The molecular formula is C20H19NO5. The number of fused-ring (bicyclic) bond motifs is 1. The van der Waals surface area contributed by atoms with Crippen LogP contribution >= 0.6 is 0 Å². The summed E-state index contributed by atoms with van der Waals surface area (Å²) in [5.41, 5.74) is 1.64. The summed E-state index contributed by atoms with van der Waals surface area (Å²) in [6.45, 7) is 1.89. The lowest BCUT2D eigenvalue weighted by atomic mass is 9.98. The van der Waals surface area contributed by atoms with E-state index in [-0.39, 0.29) is 29.4 Å². The number of phenols is 1. The summed E-state index contributed by atoms with van der Waals surface area (Å²) in [6, 6.07) is 11.3. The average Bonchev–Trinajstić information content (AvgIpc) is 2.93. The van der Waals surface area contributed by atoms with Gasteiger partial charge >= 0.3 is 5.97 Å². The van der Waals surface area contributed by atoms with Crippen LogP contribution in [0.2, 0.25) is 0 Å². The van der Waals surface area contributed by atoms with Gasteiger partial charge in [-0.15, -0.1) is 0 Å². The van der Waals surface area contributed by atoms with Crippen molar-refractivity contribution in [2.24, 2.45) is 0 Å². The SMILES string of the molecule is CCCC(=O)Nc1ccc(O)c(C(=O)C[C@H]2OC(=O)c3ccccc32)c1. The molecular weight excluding hydrogens is 334 g/mol. The summed E-state index contributed by atoms with van der Waals surface area (Å²) in [5, 5.41) is 12.7. The second kappa shape index (κ2) is 7.39. The first-order valence-corrected chi connectivity index (χ1v) is 8.45. The van der Waals surface area contributed by atoms with Gasteiger partial charge in [0.1, 0.15) is 11.9 Å². The van der Waals surface area contributed by atoms with Gasteiger partial charge in [-0.05, 0) is 30.7 Å². The number of phenolic OH excluding ortho intramolecular Hbond substituents is 1. The van der Waals surface area contributed by atoms with Gasteiger partial charge in [-0.25, -0.2) is 4.79 Å². The lowest BCUT2D eigenvalue weighted by Crippen LogP contribution is -2.12. The van der Waals surface area contributed by atoms with Crippen LogP contribution in [0, 0.1) is 0 Å². The number of benzene rings is 2. The third-order valence-corrected chi connectivity index (χ3v) is 4.21. The highest BCUT2D eigenvalue weighted by atomic mass is 16.5. The zero-order valence-electron chi connectivity index (χ0n) is 14.3. The normalized spacial score (nSPS) is 15.3. The molecule has 2 aromatic carbocycles. The van der Waals surface area contributed by atoms with Crippen molar-refractivity contribution in [2.45, 2.75) is 32.3 Å². The molecule has 1 atom stereocenters. The molecule has 3 rings (SSSR count). The van der Waals surface area contributed by atoms with Gasteiger partial charge < -0.3 is 15.2 Å². The molecule has 6 nitrogen and oxygen atoms in total. The molecule has 1 amide bonds. The second-order valence-corrected chi connectivity index (χ2v) is 6.14. The van der Waals surface area contributed by atoms with E-state index in [9.17, 15) is 19.5 Å². The van der Waals surface area contributed by atoms with E-state index in [1.54, 1.807) is 24.3 Å². The van der Waals surface area contributed by atoms with E-state index >= 15 is 0 Å². The lowest BCUT2D eigenvalue weighted by Gasteiger charge is -2.12. The first-order chi connectivity index (χ1) is 12.5. The van der Waals surface area contributed by atoms with E-state index in [0.29, 0.717) is 29.7 Å². The summed E-state index contributed by atoms with van der Waals surface area (Å²) in [5.74, 6) is -1.16. The van der Waals surface area contributed by atoms with Crippen molar-refractivity contribution in [3.8, 4) is 5.75 Å². The zero-order valence-corrected chi connectivity index (χ0v) is 14.3. The third-order valence-electron chi connectivity index (χ3n) is 4.21. The van der Waals surface area contributed by atoms with Gasteiger partial charge in [-0.2, -0.15) is 0 Å². The topological polar surface area (TPSA) is 92.7 Å². The Labute approximate surface area is 150 Å². The number of amides is 1. The summed E-state index contributed by atoms with van der Waals surface area (Å²) in [7, 11) is 0. The van der Waals surface area contributed by atoms with Gasteiger partial charge in [-0.3, -0.25) is 9.59 Å². The molecule has 0 aromatic heterocycles. The molecule has 26 heavy (non-hydrogen) atoms. The van der Waals surface area contributed by atoms with Crippen LogP contribution in [-0.2, 0) is 9.53 Å². The fourth-order valence-corrected chi connectivity index (χ4v) is 2.94. The number of hydrogen-bond donors (Lipinski definition) is 2. The van der Waals surface area contributed by atoms with Crippen molar-refractivity contribution in [1.29, 1.82) is 0 Å². The summed E-state index contributed by atoms with van der Waals surface area (Å²) in [4.78, 5) is 36.2. The zero-order chi connectivity index (χ0) is 18.7. The van der Waals surface area contributed by atoms with Gasteiger partial charge in [0.15, 0.2) is 5.78 Å². The highest BCUT2D eigenvalue weighted by Gasteiger charge is 2.32. The molecule has 6 heteroatoms. The van der Waals surface area contributed by atoms with E-state index in [1.165, 1.54) is 18.2 Å². The number of cyclic esters (lactones) is 1. The predicted molar refractivity (Wildman–Crippen MR) is 95.2 cm³/mol. The molecule has 0 unspecified atom stereocenters. The van der Waals surface area contributed by atoms with Gasteiger partial charge in [-0.1, -0.05) is 25.1 Å². The standard InChI is InChI=1S/C20H19NO5/c1-2-5-19(24)21-12-8-9-16(22)15(10-12)17(23)11-18-13-6-3-4-7-14(13)20(25)26-18/h3-4,6-10,18,22H,2,5,11H2,1H3,(H,21,24)/t18-/m1/s1. The smallest absolute Gasteiger partial charge is 0.339 e. The monoisotopic (exact) mass is 353 g/mol. The Kier molecular flexibility index (Phi) is 5.02. The summed E-state index contributed by atoms with van der Waals surface area (Å²) in [6.07, 6.45) is 0.327. The van der Waals surface area contributed by atoms with E-state index in [4.69, 9.17) is 4.74 Å². The molecule has 1 aliphatic rings. The second-order valence-electron chi connectivity index (χ2n) is 6.14. The van der Waals surface area contributed by atoms with Crippen molar-refractivity contribution in [2.75, 3.05) is 5.32 Å². The van der Waals surface area contributed by atoms with E-state index in [2.05, 4.69) is 5.32 Å². The maximum Gasteiger partial charge on any atom is 0.339 e. The van der Waals surface area contributed by atoms with Crippen LogP contribution in [0.1, 0.15) is 58.6 Å². The number of aromatic hydroxyl groups is 1. The molecule has 0 saturated carbocycles. The van der Waals surface area contributed by atoms with Crippen LogP contribution in [0.25, 0.3) is 0 Å². The van der Waals surface area contributed by atoms with E-state index in [0.717, 1.165) is 0 Å². The minimum atomic E-state index is -0.677. The van der Waals surface area contributed by atoms with E-state index in [1.807, 2.05) is 6.92 Å². The van der Waals surface area contributed by atoms with Crippen LogP contribution in [-0.4, -0.2) is 22.8 Å². The highest BCUT2D eigenvalue weighted by molar-refractivity contribution is 6.02. The fraction of sp³-hybridized carbons (Fsp3) is 0.250. The average molecular weight is 353 g/mol. The third kappa shape index (κ3) is 3.59. The molecule has 0 saturated heterocycles. The maximum atomic E-state index is 12.6. The largest absolute Gasteiger partial charge is 0.507 e. The van der Waals surface area contributed by atoms with E-state index < -0.39 is 12.1 Å². The molecule has 0 spiro atoms. The van der Waals surface area contributed by atoms with Gasteiger partial charge in [0.05, 0.1) is 17.5 Å². The van der Waals surface area contributed by atoms with Crippen LogP contribution in [0.15, 0.2) is 42.5 Å². The van der Waals surface area contributed by atoms with Crippen LogP contribution < -0.4 is 5.32 Å². The van der Waals surface area contributed by atoms with Gasteiger partial charge in [0.25, 0.3) is 0 Å². The number of hydrogen-bond acceptors (Lipinski definition) is 5. The Bertz CT molecular complexity index is 874. The van der Waals surface area contributed by atoms with Crippen molar-refractivity contribution < 1.29 is 24.2 Å². The minimum absolute atomic E-state index is 0.0807. The molecule has 0 radical (unpaired) electrons. The molecule has 1 aliphatic heterocycles. The van der Waals surface area contributed by atoms with Gasteiger partial charge in [0.2, 0.25) is 5.91 Å². The summed E-state index contributed by atoms with van der Waals surface area (Å²) < 4.78 is 5.28. The molecule has 0 bridgehead atoms. The molecule has 1 heterocycles. The first-order valence-electron chi connectivity index (χ1n) is 8.45. The summed E-state index contributed by atoms with van der Waals surface area (Å²) >= 11 is 0. The predicted octanol–water partition coefficient (Wildman–Crippen LogP) is 3.62. The molecule has 0 aliphatic carbocycles. The minimum Gasteiger partial charge on any atom is -0.507 e. The van der Waals surface area contributed by atoms with Crippen LogP contribution in [0.4, 0.5) is 5.69 Å². The number of Topliss-reactive ketones (excluding diaryl/α,β-unsaturated/α-hetero) is 1. The van der Waals surface area contributed by atoms with Crippen LogP contribution in [0.5, 0.6) is 5.75 Å². The van der Waals surface area contributed by atoms with Crippen molar-refractivity contribution in [1.82, 2.24) is 0 Å². The fourth-order valence-electron chi connectivity index (χ4n) is 2.94. The first kappa shape index (κ1) is 17.7. The van der Waals surface area contributed by atoms with Gasteiger partial charge in [0, 0.05) is 17.7 Å². The Morgan fingerprint density at radius 1 is 1.19 bits per heavy atom. The Morgan fingerprint density at radius 2 is 1.96 bits per heavy atom. The quantitative estimate of drug-likeness (QED) is 0.470. The Balaban J connectivity index is 1.78. The number of ether oxygens (including phenoxy) is 1. The number of anilines is 1.